The molecule has 1 saturated heterocycles. The molecule has 0 spiro atoms. The molecule has 0 saturated carbocycles. The van der Waals surface area contributed by atoms with Crippen molar-refractivity contribution < 1.29 is 0 Å². The van der Waals surface area contributed by atoms with Crippen molar-refractivity contribution in [2.75, 3.05) is 18.0 Å². The van der Waals surface area contributed by atoms with E-state index >= 15 is 0 Å². The number of rotatable bonds is 3. The van der Waals surface area contributed by atoms with Crippen LogP contribution in [0.2, 0.25) is 0 Å². The third-order valence-corrected chi connectivity index (χ3v) is 3.04. The Labute approximate surface area is 92.4 Å². The molecule has 15 heavy (non-hydrogen) atoms. The lowest BCUT2D eigenvalue weighted by Gasteiger charge is -2.28. The van der Waals surface area contributed by atoms with Crippen molar-refractivity contribution >= 4 is 5.69 Å². The third-order valence-electron chi connectivity index (χ3n) is 3.04. The highest BCUT2D eigenvalue weighted by Gasteiger charge is 2.09. The second-order valence-corrected chi connectivity index (χ2v) is 4.21. The van der Waals surface area contributed by atoms with E-state index < -0.39 is 0 Å². The van der Waals surface area contributed by atoms with Gasteiger partial charge < -0.3 is 4.90 Å². The van der Waals surface area contributed by atoms with E-state index in [-0.39, 0.29) is 0 Å². The Balaban J connectivity index is 2.04. The Kier molecular flexibility index (Phi) is 3.44. The predicted octanol–water partition coefficient (Wildman–Crippen LogP) is 3.41. The smallest absolute Gasteiger partial charge is 0.0366 e. The van der Waals surface area contributed by atoms with Crippen LogP contribution in [0.5, 0.6) is 0 Å². The molecule has 1 aliphatic rings. The van der Waals surface area contributed by atoms with Crippen LogP contribution in [0.4, 0.5) is 5.69 Å². The van der Waals surface area contributed by atoms with E-state index in [1.165, 1.54) is 43.6 Å². The Hall–Kier alpha value is -1.24. The molecule has 0 bridgehead atoms. The molecule has 0 aromatic heterocycles. The maximum Gasteiger partial charge on any atom is 0.0366 e. The molecule has 80 valence electrons. The summed E-state index contributed by atoms with van der Waals surface area (Å²) in [6, 6.07) is 8.91. The molecule has 1 aromatic carbocycles. The van der Waals surface area contributed by atoms with Crippen LogP contribution >= 0.6 is 0 Å². The van der Waals surface area contributed by atoms with Crippen molar-refractivity contribution in [3.8, 4) is 0 Å². The van der Waals surface area contributed by atoms with Crippen LogP contribution in [-0.4, -0.2) is 13.1 Å². The van der Waals surface area contributed by atoms with Gasteiger partial charge in [0.15, 0.2) is 0 Å². The third kappa shape index (κ3) is 2.62. The van der Waals surface area contributed by atoms with Crippen LogP contribution in [-0.2, 0) is 6.42 Å². The summed E-state index contributed by atoms with van der Waals surface area (Å²) >= 11 is 0. The Morgan fingerprint density at radius 3 is 2.33 bits per heavy atom. The first-order valence-electron chi connectivity index (χ1n) is 5.85. The molecule has 1 heterocycles. The summed E-state index contributed by atoms with van der Waals surface area (Å²) in [5.41, 5.74) is 2.73. The van der Waals surface area contributed by atoms with E-state index in [9.17, 15) is 0 Å². The highest BCUT2D eigenvalue weighted by Crippen LogP contribution is 2.20. The van der Waals surface area contributed by atoms with Gasteiger partial charge in [0.05, 0.1) is 0 Å². The monoisotopic (exact) mass is 201 g/mol. The van der Waals surface area contributed by atoms with Gasteiger partial charge in [0.2, 0.25) is 0 Å². The van der Waals surface area contributed by atoms with Crippen molar-refractivity contribution in [1.82, 2.24) is 0 Å². The Morgan fingerprint density at radius 2 is 1.73 bits per heavy atom. The second kappa shape index (κ2) is 5.01. The van der Waals surface area contributed by atoms with Crippen molar-refractivity contribution in [2.24, 2.45) is 0 Å². The van der Waals surface area contributed by atoms with Gasteiger partial charge in [-0.1, -0.05) is 18.2 Å². The van der Waals surface area contributed by atoms with Gasteiger partial charge >= 0.3 is 0 Å². The Morgan fingerprint density at radius 1 is 1.07 bits per heavy atom. The summed E-state index contributed by atoms with van der Waals surface area (Å²) in [5.74, 6) is 0. The minimum absolute atomic E-state index is 0.972. The largest absolute Gasteiger partial charge is 0.372 e. The lowest BCUT2D eigenvalue weighted by Crippen LogP contribution is -2.29. The van der Waals surface area contributed by atoms with Crippen LogP contribution in [0.1, 0.15) is 24.8 Å². The van der Waals surface area contributed by atoms with E-state index in [1.807, 2.05) is 6.08 Å². The number of piperidine rings is 1. The van der Waals surface area contributed by atoms with Crippen LogP contribution < -0.4 is 4.90 Å². The number of nitrogens with zero attached hydrogens (tertiary/aromatic N) is 1. The first-order chi connectivity index (χ1) is 7.40. The minimum atomic E-state index is 0.972. The van der Waals surface area contributed by atoms with E-state index in [1.54, 1.807) is 0 Å². The molecular weight excluding hydrogens is 182 g/mol. The zero-order chi connectivity index (χ0) is 10.5. The first-order valence-corrected chi connectivity index (χ1v) is 5.85. The zero-order valence-corrected chi connectivity index (χ0v) is 9.28. The van der Waals surface area contributed by atoms with Crippen molar-refractivity contribution in [3.05, 3.63) is 42.5 Å². The van der Waals surface area contributed by atoms with Gasteiger partial charge in [-0.15, -0.1) is 6.58 Å². The average Bonchev–Trinajstić information content (AvgIpc) is 2.32. The quantitative estimate of drug-likeness (QED) is 0.677. The molecule has 0 amide bonds. The van der Waals surface area contributed by atoms with Crippen LogP contribution in [0.25, 0.3) is 0 Å². The van der Waals surface area contributed by atoms with E-state index in [0.717, 1.165) is 6.42 Å². The molecule has 1 aliphatic heterocycles. The molecule has 0 aliphatic carbocycles. The average molecular weight is 201 g/mol. The predicted molar refractivity (Wildman–Crippen MR) is 66.4 cm³/mol. The van der Waals surface area contributed by atoms with E-state index in [4.69, 9.17) is 0 Å². The molecule has 1 heteroatoms. The highest BCUT2D eigenvalue weighted by molar-refractivity contribution is 5.48. The van der Waals surface area contributed by atoms with Crippen molar-refractivity contribution in [3.63, 3.8) is 0 Å². The molecule has 0 N–H and O–H groups in total. The summed E-state index contributed by atoms with van der Waals surface area (Å²) < 4.78 is 0. The number of benzene rings is 1. The van der Waals surface area contributed by atoms with Crippen LogP contribution in [0.15, 0.2) is 36.9 Å². The summed E-state index contributed by atoms with van der Waals surface area (Å²) in [6.07, 6.45) is 7.00. The molecule has 1 nitrogen and oxygen atoms in total. The molecule has 0 atom stereocenters. The number of hydrogen-bond acceptors (Lipinski definition) is 1. The highest BCUT2D eigenvalue weighted by atomic mass is 15.1. The molecule has 2 rings (SSSR count). The van der Waals surface area contributed by atoms with E-state index in [2.05, 4.69) is 35.7 Å². The summed E-state index contributed by atoms with van der Waals surface area (Å²) in [4.78, 5) is 2.49. The van der Waals surface area contributed by atoms with Gasteiger partial charge in [-0.2, -0.15) is 0 Å². The van der Waals surface area contributed by atoms with Gasteiger partial charge in [-0.05, 0) is 43.4 Å². The maximum absolute atomic E-state index is 3.76. The number of allylic oxidation sites excluding steroid dienone is 1. The molecular formula is C14H19N. The normalized spacial score (nSPS) is 16.4. The Bertz CT molecular complexity index is 307. The first kappa shape index (κ1) is 10.3. The number of anilines is 1. The molecule has 0 radical (unpaired) electrons. The van der Waals surface area contributed by atoms with Gasteiger partial charge in [0.1, 0.15) is 0 Å². The number of hydrogen-bond donors (Lipinski definition) is 0. The fourth-order valence-corrected chi connectivity index (χ4v) is 2.16. The maximum atomic E-state index is 3.76. The fraction of sp³-hybridized carbons (Fsp3) is 0.429. The standard InChI is InChI=1S/C14H19N/c1-2-6-13-7-9-14(10-8-13)15-11-4-3-5-12-15/h2,7-10H,1,3-6,11-12H2. The fourth-order valence-electron chi connectivity index (χ4n) is 2.16. The van der Waals surface area contributed by atoms with Gasteiger partial charge in [0, 0.05) is 18.8 Å². The van der Waals surface area contributed by atoms with Crippen LogP contribution in [0.3, 0.4) is 0 Å². The van der Waals surface area contributed by atoms with Crippen molar-refractivity contribution in [2.45, 2.75) is 25.7 Å². The zero-order valence-electron chi connectivity index (χ0n) is 9.28. The van der Waals surface area contributed by atoms with E-state index in [0.29, 0.717) is 0 Å². The molecule has 0 unspecified atom stereocenters. The topological polar surface area (TPSA) is 3.24 Å². The summed E-state index contributed by atoms with van der Waals surface area (Å²) in [7, 11) is 0. The lowest BCUT2D eigenvalue weighted by molar-refractivity contribution is 0.578. The van der Waals surface area contributed by atoms with Gasteiger partial charge in [-0.3, -0.25) is 0 Å². The SMILES string of the molecule is C=CCc1ccc(N2CCCCC2)cc1. The lowest BCUT2D eigenvalue weighted by atomic mass is 10.1. The van der Waals surface area contributed by atoms with Gasteiger partial charge in [0.25, 0.3) is 0 Å². The minimum Gasteiger partial charge on any atom is -0.372 e. The van der Waals surface area contributed by atoms with Gasteiger partial charge in [-0.25, -0.2) is 0 Å². The van der Waals surface area contributed by atoms with Crippen LogP contribution in [0, 0.1) is 0 Å². The molecule has 1 fully saturated rings. The second-order valence-electron chi connectivity index (χ2n) is 4.21. The summed E-state index contributed by atoms with van der Waals surface area (Å²) in [6.45, 7) is 6.20. The molecule has 1 aromatic rings. The van der Waals surface area contributed by atoms with Crippen molar-refractivity contribution in [1.29, 1.82) is 0 Å². The summed E-state index contributed by atoms with van der Waals surface area (Å²) in [5, 5.41) is 0.